The van der Waals surface area contributed by atoms with Crippen LogP contribution < -0.4 is 9.64 Å². The Morgan fingerprint density at radius 1 is 1.07 bits per heavy atom. The maximum Gasteiger partial charge on any atom is 0.258 e. The van der Waals surface area contributed by atoms with Crippen LogP contribution in [0.4, 0.5) is 10.1 Å². The van der Waals surface area contributed by atoms with Crippen molar-refractivity contribution in [1.29, 1.82) is 0 Å². The van der Waals surface area contributed by atoms with Crippen LogP contribution in [0, 0.1) is 5.82 Å². The molecule has 27 heavy (non-hydrogen) atoms. The van der Waals surface area contributed by atoms with E-state index in [4.69, 9.17) is 9.26 Å². The van der Waals surface area contributed by atoms with E-state index in [1.165, 1.54) is 12.1 Å². The topological polar surface area (TPSA) is 54.6 Å². The summed E-state index contributed by atoms with van der Waals surface area (Å²) < 4.78 is 24.1. The quantitative estimate of drug-likeness (QED) is 0.689. The molecule has 0 spiro atoms. The third kappa shape index (κ3) is 3.93. The summed E-state index contributed by atoms with van der Waals surface area (Å²) in [5.74, 6) is 1.53. The highest BCUT2D eigenvalue weighted by atomic mass is 19.1. The Hall–Kier alpha value is -2.93. The van der Waals surface area contributed by atoms with Gasteiger partial charge in [-0.1, -0.05) is 23.4 Å². The van der Waals surface area contributed by atoms with Crippen LogP contribution in [0.3, 0.4) is 0 Å². The zero-order valence-electron chi connectivity index (χ0n) is 15.1. The number of benzene rings is 2. The number of halogens is 1. The minimum absolute atomic E-state index is 0.320. The molecule has 0 aliphatic carbocycles. The number of hydrogen-bond acceptors (Lipinski definition) is 6. The van der Waals surface area contributed by atoms with Crippen LogP contribution in [-0.4, -0.2) is 48.3 Å². The molecule has 1 aliphatic heterocycles. The molecule has 2 aromatic carbocycles. The third-order valence-corrected chi connectivity index (χ3v) is 4.70. The molecule has 0 atom stereocenters. The van der Waals surface area contributed by atoms with Crippen molar-refractivity contribution < 1.29 is 13.7 Å². The van der Waals surface area contributed by atoms with Crippen molar-refractivity contribution in [1.82, 2.24) is 15.0 Å². The van der Waals surface area contributed by atoms with Gasteiger partial charge in [-0.2, -0.15) is 4.98 Å². The second kappa shape index (κ2) is 7.75. The summed E-state index contributed by atoms with van der Waals surface area (Å²) in [6.07, 6.45) is 0. The van der Waals surface area contributed by atoms with Gasteiger partial charge in [0.15, 0.2) is 5.82 Å². The van der Waals surface area contributed by atoms with Crippen LogP contribution >= 0.6 is 0 Å². The summed E-state index contributed by atoms with van der Waals surface area (Å²) in [6.45, 7) is 4.19. The Balaban J connectivity index is 1.37. The monoisotopic (exact) mass is 368 g/mol. The standard InChI is InChI=1S/C20H21FN4O2/c1-26-18-8-3-2-7-17(18)25-11-9-24(10-12-25)14-19-22-20(27-23-19)15-5-4-6-16(21)13-15/h2-8,13H,9-12,14H2,1H3. The van der Waals surface area contributed by atoms with Gasteiger partial charge in [-0.05, 0) is 30.3 Å². The van der Waals surface area contributed by atoms with E-state index in [2.05, 4.69) is 26.0 Å². The van der Waals surface area contributed by atoms with E-state index in [0.29, 0.717) is 23.8 Å². The lowest BCUT2D eigenvalue weighted by molar-refractivity contribution is 0.239. The normalized spacial score (nSPS) is 15.1. The van der Waals surface area contributed by atoms with Gasteiger partial charge in [-0.25, -0.2) is 4.39 Å². The van der Waals surface area contributed by atoms with Gasteiger partial charge < -0.3 is 14.2 Å². The summed E-state index contributed by atoms with van der Waals surface area (Å²) in [7, 11) is 1.70. The highest BCUT2D eigenvalue weighted by Gasteiger charge is 2.21. The molecule has 1 fully saturated rings. The van der Waals surface area contributed by atoms with E-state index < -0.39 is 0 Å². The lowest BCUT2D eigenvalue weighted by Crippen LogP contribution is -2.46. The van der Waals surface area contributed by atoms with E-state index in [-0.39, 0.29) is 5.82 Å². The van der Waals surface area contributed by atoms with E-state index in [1.807, 2.05) is 18.2 Å². The van der Waals surface area contributed by atoms with E-state index in [9.17, 15) is 4.39 Å². The number of aromatic nitrogens is 2. The third-order valence-electron chi connectivity index (χ3n) is 4.70. The molecule has 0 amide bonds. The number of para-hydroxylation sites is 2. The number of anilines is 1. The van der Waals surface area contributed by atoms with E-state index in [0.717, 1.165) is 37.6 Å². The van der Waals surface area contributed by atoms with Gasteiger partial charge in [-0.15, -0.1) is 0 Å². The van der Waals surface area contributed by atoms with Crippen molar-refractivity contribution in [3.05, 3.63) is 60.2 Å². The minimum atomic E-state index is -0.320. The van der Waals surface area contributed by atoms with Crippen molar-refractivity contribution in [3.8, 4) is 17.2 Å². The van der Waals surface area contributed by atoms with Crippen molar-refractivity contribution >= 4 is 5.69 Å². The number of rotatable bonds is 5. The molecule has 0 N–H and O–H groups in total. The van der Waals surface area contributed by atoms with Gasteiger partial charge in [0.25, 0.3) is 5.89 Å². The summed E-state index contributed by atoms with van der Waals surface area (Å²) >= 11 is 0. The average molecular weight is 368 g/mol. The Bertz CT molecular complexity index is 906. The minimum Gasteiger partial charge on any atom is -0.495 e. The largest absolute Gasteiger partial charge is 0.495 e. The molecule has 1 saturated heterocycles. The number of methoxy groups -OCH3 is 1. The lowest BCUT2D eigenvalue weighted by Gasteiger charge is -2.36. The van der Waals surface area contributed by atoms with Gasteiger partial charge in [-0.3, -0.25) is 4.90 Å². The molecular weight excluding hydrogens is 347 g/mol. The molecule has 0 saturated carbocycles. The molecule has 140 valence electrons. The van der Waals surface area contributed by atoms with Gasteiger partial charge in [0.05, 0.1) is 19.3 Å². The molecule has 7 heteroatoms. The van der Waals surface area contributed by atoms with Gasteiger partial charge in [0, 0.05) is 31.7 Å². The van der Waals surface area contributed by atoms with Gasteiger partial charge >= 0.3 is 0 Å². The first-order valence-electron chi connectivity index (χ1n) is 8.92. The molecule has 6 nitrogen and oxygen atoms in total. The van der Waals surface area contributed by atoms with Crippen LogP contribution in [0.25, 0.3) is 11.5 Å². The van der Waals surface area contributed by atoms with E-state index in [1.54, 1.807) is 19.2 Å². The van der Waals surface area contributed by atoms with Crippen molar-refractivity contribution in [2.45, 2.75) is 6.54 Å². The maximum atomic E-state index is 13.4. The fourth-order valence-corrected chi connectivity index (χ4v) is 3.29. The smallest absolute Gasteiger partial charge is 0.258 e. The average Bonchev–Trinajstić information content (AvgIpc) is 3.17. The molecule has 1 aromatic heterocycles. The summed E-state index contributed by atoms with van der Waals surface area (Å²) in [5.41, 5.74) is 1.71. The lowest BCUT2D eigenvalue weighted by atomic mass is 10.2. The first kappa shape index (κ1) is 17.5. The summed E-state index contributed by atoms with van der Waals surface area (Å²) in [6, 6.07) is 14.2. The Morgan fingerprint density at radius 3 is 2.67 bits per heavy atom. The molecule has 0 unspecified atom stereocenters. The van der Waals surface area contributed by atoms with Crippen molar-refractivity contribution in [2.75, 3.05) is 38.2 Å². The number of nitrogens with zero attached hydrogens (tertiary/aromatic N) is 4. The molecule has 0 bridgehead atoms. The number of ether oxygens (including phenoxy) is 1. The summed E-state index contributed by atoms with van der Waals surface area (Å²) in [4.78, 5) is 9.01. The van der Waals surface area contributed by atoms with E-state index >= 15 is 0 Å². The fraction of sp³-hybridized carbons (Fsp3) is 0.300. The Labute approximate surface area is 157 Å². The second-order valence-electron chi connectivity index (χ2n) is 6.46. The van der Waals surface area contributed by atoms with Crippen molar-refractivity contribution in [3.63, 3.8) is 0 Å². The molecule has 3 aromatic rings. The number of hydrogen-bond donors (Lipinski definition) is 0. The Kier molecular flexibility index (Phi) is 5.02. The summed E-state index contributed by atoms with van der Waals surface area (Å²) in [5, 5.41) is 4.04. The first-order chi connectivity index (χ1) is 13.2. The second-order valence-corrected chi connectivity index (χ2v) is 6.46. The highest BCUT2D eigenvalue weighted by molar-refractivity contribution is 5.58. The SMILES string of the molecule is COc1ccccc1N1CCN(Cc2noc(-c3cccc(F)c3)n2)CC1. The van der Waals surface area contributed by atoms with Crippen LogP contribution in [0.1, 0.15) is 5.82 Å². The highest BCUT2D eigenvalue weighted by Crippen LogP contribution is 2.28. The van der Waals surface area contributed by atoms with Crippen LogP contribution in [0.5, 0.6) is 5.75 Å². The van der Waals surface area contributed by atoms with Crippen LogP contribution in [-0.2, 0) is 6.54 Å². The molecule has 2 heterocycles. The zero-order chi connectivity index (χ0) is 18.6. The maximum absolute atomic E-state index is 13.4. The molecule has 4 rings (SSSR count). The van der Waals surface area contributed by atoms with Gasteiger partial charge in [0.2, 0.25) is 0 Å². The molecule has 1 aliphatic rings. The predicted octanol–water partition coefficient (Wildman–Crippen LogP) is 3.21. The fourth-order valence-electron chi connectivity index (χ4n) is 3.29. The van der Waals surface area contributed by atoms with Crippen LogP contribution in [0.2, 0.25) is 0 Å². The zero-order valence-corrected chi connectivity index (χ0v) is 15.1. The van der Waals surface area contributed by atoms with Gasteiger partial charge in [0.1, 0.15) is 11.6 Å². The predicted molar refractivity (Wildman–Crippen MR) is 100 cm³/mol. The molecule has 0 radical (unpaired) electrons. The number of piperazine rings is 1. The Morgan fingerprint density at radius 2 is 1.89 bits per heavy atom. The molecular formula is C20H21FN4O2. The van der Waals surface area contributed by atoms with Crippen LogP contribution in [0.15, 0.2) is 53.1 Å². The first-order valence-corrected chi connectivity index (χ1v) is 8.92. The van der Waals surface area contributed by atoms with Crippen molar-refractivity contribution in [2.24, 2.45) is 0 Å².